The summed E-state index contributed by atoms with van der Waals surface area (Å²) in [6.45, 7) is 3.17. The van der Waals surface area contributed by atoms with E-state index in [4.69, 9.17) is 16.1 Å². The van der Waals surface area contributed by atoms with E-state index in [1.54, 1.807) is 6.20 Å². The molecule has 2 heterocycles. The van der Waals surface area contributed by atoms with Crippen molar-refractivity contribution in [1.29, 1.82) is 0 Å². The zero-order valence-electron chi connectivity index (χ0n) is 9.20. The molecule has 0 aromatic carbocycles. The Balaban J connectivity index is 1.86. The van der Waals surface area contributed by atoms with Gasteiger partial charge >= 0.3 is 0 Å². The van der Waals surface area contributed by atoms with Gasteiger partial charge in [-0.1, -0.05) is 16.8 Å². The van der Waals surface area contributed by atoms with Gasteiger partial charge in [-0.05, 0) is 6.92 Å². The Kier molecular flexibility index (Phi) is 3.26. The van der Waals surface area contributed by atoms with E-state index >= 15 is 0 Å². The molecule has 0 spiro atoms. The molecule has 0 unspecified atom stereocenters. The van der Waals surface area contributed by atoms with Crippen molar-refractivity contribution < 1.29 is 4.52 Å². The van der Waals surface area contributed by atoms with Gasteiger partial charge in [0.2, 0.25) is 0 Å². The Morgan fingerprint density at radius 2 is 2.31 bits per heavy atom. The molecule has 2 aromatic rings. The number of hydrogen-bond acceptors (Lipinski definition) is 4. The third-order valence-electron chi connectivity index (χ3n) is 2.29. The number of aromatic nitrogens is 3. The number of nitrogens with zero attached hydrogens (tertiary/aromatic N) is 3. The van der Waals surface area contributed by atoms with E-state index in [-0.39, 0.29) is 0 Å². The van der Waals surface area contributed by atoms with Crippen LogP contribution in [0.1, 0.15) is 17.3 Å². The van der Waals surface area contributed by atoms with Crippen molar-refractivity contribution in [1.82, 2.24) is 20.0 Å². The number of rotatable bonds is 4. The number of halogens is 1. The molecule has 16 heavy (non-hydrogen) atoms. The van der Waals surface area contributed by atoms with Crippen LogP contribution in [0.5, 0.6) is 0 Å². The van der Waals surface area contributed by atoms with Gasteiger partial charge in [-0.25, -0.2) is 4.98 Å². The van der Waals surface area contributed by atoms with Gasteiger partial charge in [0.05, 0.1) is 25.0 Å². The lowest BCUT2D eigenvalue weighted by Gasteiger charge is -2.02. The van der Waals surface area contributed by atoms with Gasteiger partial charge in [0.1, 0.15) is 11.0 Å². The Labute approximate surface area is 98.4 Å². The second-order valence-corrected chi connectivity index (χ2v) is 3.98. The Morgan fingerprint density at radius 1 is 1.50 bits per heavy atom. The molecule has 0 amide bonds. The molecule has 0 saturated carbocycles. The van der Waals surface area contributed by atoms with Crippen molar-refractivity contribution in [2.45, 2.75) is 20.0 Å². The molecule has 0 saturated heterocycles. The highest BCUT2D eigenvalue weighted by Gasteiger charge is 2.04. The van der Waals surface area contributed by atoms with Crippen LogP contribution in [0.25, 0.3) is 0 Å². The van der Waals surface area contributed by atoms with E-state index in [1.807, 2.05) is 24.6 Å². The highest BCUT2D eigenvalue weighted by atomic mass is 35.5. The zero-order valence-corrected chi connectivity index (χ0v) is 9.95. The molecule has 0 bridgehead atoms. The molecule has 2 rings (SSSR count). The van der Waals surface area contributed by atoms with Gasteiger partial charge in [0.15, 0.2) is 5.76 Å². The van der Waals surface area contributed by atoms with E-state index in [1.165, 1.54) is 0 Å². The minimum Gasteiger partial charge on any atom is -0.360 e. The highest BCUT2D eigenvalue weighted by Crippen LogP contribution is 2.09. The molecule has 0 atom stereocenters. The van der Waals surface area contributed by atoms with E-state index in [9.17, 15) is 0 Å². The number of hydrogen-bond donors (Lipinski definition) is 1. The zero-order chi connectivity index (χ0) is 11.5. The smallest absolute Gasteiger partial charge is 0.150 e. The Hall–Kier alpha value is -1.33. The third-order valence-corrected chi connectivity index (χ3v) is 2.64. The fourth-order valence-electron chi connectivity index (χ4n) is 1.39. The minimum absolute atomic E-state index is 0.630. The first-order valence-corrected chi connectivity index (χ1v) is 5.33. The molecule has 6 heteroatoms. The van der Waals surface area contributed by atoms with E-state index < -0.39 is 0 Å². The molecule has 2 aromatic heterocycles. The average molecular weight is 241 g/mol. The molecule has 0 radical (unpaired) electrons. The van der Waals surface area contributed by atoms with Gasteiger partial charge in [-0.3, -0.25) is 0 Å². The van der Waals surface area contributed by atoms with Crippen LogP contribution in [0.15, 0.2) is 16.8 Å². The van der Waals surface area contributed by atoms with Gasteiger partial charge in [0, 0.05) is 13.1 Å². The molecule has 0 fully saturated rings. The second kappa shape index (κ2) is 4.67. The van der Waals surface area contributed by atoms with Crippen LogP contribution in [0.4, 0.5) is 0 Å². The van der Waals surface area contributed by atoms with Crippen molar-refractivity contribution in [3.63, 3.8) is 0 Å². The van der Waals surface area contributed by atoms with Crippen LogP contribution < -0.4 is 5.32 Å². The van der Waals surface area contributed by atoms with Crippen LogP contribution in [-0.2, 0) is 20.1 Å². The minimum atomic E-state index is 0.630. The summed E-state index contributed by atoms with van der Waals surface area (Å²) in [6.07, 6.45) is 1.64. The number of aryl methyl sites for hydroxylation is 1. The lowest BCUT2D eigenvalue weighted by Crippen LogP contribution is -2.15. The summed E-state index contributed by atoms with van der Waals surface area (Å²) < 4.78 is 6.91. The van der Waals surface area contributed by atoms with Crippen molar-refractivity contribution in [3.8, 4) is 0 Å². The number of nitrogens with one attached hydrogen (secondary N) is 1. The maximum atomic E-state index is 5.87. The molecule has 0 aliphatic heterocycles. The van der Waals surface area contributed by atoms with Crippen LogP contribution in [0.2, 0.25) is 5.15 Å². The first-order valence-electron chi connectivity index (χ1n) is 4.96. The Bertz CT molecular complexity index is 477. The fraction of sp³-hybridized carbons (Fsp3) is 0.400. The lowest BCUT2D eigenvalue weighted by molar-refractivity contribution is 0.368. The number of imidazole rings is 1. The lowest BCUT2D eigenvalue weighted by atomic mass is 10.4. The van der Waals surface area contributed by atoms with E-state index in [0.717, 1.165) is 17.3 Å². The standard InChI is InChI=1S/C10H13ClN4O/c1-7-3-8(16-14-7)4-12-6-10-13-5-9(11)15(10)2/h3,5,12H,4,6H2,1-2H3. The summed E-state index contributed by atoms with van der Waals surface area (Å²) in [7, 11) is 1.88. The molecule has 0 aliphatic rings. The van der Waals surface area contributed by atoms with Crippen molar-refractivity contribution in [2.24, 2.45) is 7.05 Å². The molecule has 0 aliphatic carbocycles. The summed E-state index contributed by atoms with van der Waals surface area (Å²) in [5, 5.41) is 7.65. The molecular formula is C10H13ClN4O. The molecule has 5 nitrogen and oxygen atoms in total. The first kappa shape index (κ1) is 11.2. The largest absolute Gasteiger partial charge is 0.360 e. The summed E-state index contributed by atoms with van der Waals surface area (Å²) in [6, 6.07) is 1.90. The van der Waals surface area contributed by atoms with Gasteiger partial charge in [0.25, 0.3) is 0 Å². The van der Waals surface area contributed by atoms with E-state index in [2.05, 4.69) is 15.5 Å². The van der Waals surface area contributed by atoms with Crippen molar-refractivity contribution in [3.05, 3.63) is 34.7 Å². The normalized spacial score (nSPS) is 10.9. The van der Waals surface area contributed by atoms with Gasteiger partial charge in [-0.15, -0.1) is 0 Å². The summed E-state index contributed by atoms with van der Waals surface area (Å²) >= 11 is 5.87. The van der Waals surface area contributed by atoms with Gasteiger partial charge in [-0.2, -0.15) is 0 Å². The summed E-state index contributed by atoms with van der Waals surface area (Å²) in [5.74, 6) is 1.71. The SMILES string of the molecule is Cc1cc(CNCc2ncc(Cl)n2C)on1. The molecule has 1 N–H and O–H groups in total. The van der Waals surface area contributed by atoms with Crippen LogP contribution in [0.3, 0.4) is 0 Å². The maximum absolute atomic E-state index is 5.87. The first-order chi connectivity index (χ1) is 7.66. The second-order valence-electron chi connectivity index (χ2n) is 3.59. The van der Waals surface area contributed by atoms with Crippen LogP contribution in [0, 0.1) is 6.92 Å². The third kappa shape index (κ3) is 2.43. The quantitative estimate of drug-likeness (QED) is 0.883. The molecule has 86 valence electrons. The highest BCUT2D eigenvalue weighted by molar-refractivity contribution is 6.29. The predicted molar refractivity (Wildman–Crippen MR) is 60.0 cm³/mol. The van der Waals surface area contributed by atoms with Crippen molar-refractivity contribution >= 4 is 11.6 Å². The van der Waals surface area contributed by atoms with Gasteiger partial charge < -0.3 is 14.4 Å². The summed E-state index contributed by atoms with van der Waals surface area (Å²) in [5.41, 5.74) is 0.886. The summed E-state index contributed by atoms with van der Waals surface area (Å²) in [4.78, 5) is 4.17. The monoisotopic (exact) mass is 240 g/mol. The van der Waals surface area contributed by atoms with Crippen LogP contribution in [-0.4, -0.2) is 14.7 Å². The molecular weight excluding hydrogens is 228 g/mol. The Morgan fingerprint density at radius 3 is 2.88 bits per heavy atom. The topological polar surface area (TPSA) is 55.9 Å². The predicted octanol–water partition coefficient (Wildman–Crippen LogP) is 1.66. The van der Waals surface area contributed by atoms with Crippen LogP contribution >= 0.6 is 11.6 Å². The fourth-order valence-corrected chi connectivity index (χ4v) is 1.53. The van der Waals surface area contributed by atoms with E-state index in [0.29, 0.717) is 18.2 Å². The average Bonchev–Trinajstić information content (AvgIpc) is 2.79. The maximum Gasteiger partial charge on any atom is 0.150 e. The van der Waals surface area contributed by atoms with Crippen molar-refractivity contribution in [2.75, 3.05) is 0 Å².